The van der Waals surface area contributed by atoms with Gasteiger partial charge in [-0.3, -0.25) is 0 Å². The lowest BCUT2D eigenvalue weighted by Gasteiger charge is -2.11. The molecule has 1 N–H and O–H groups in total. The fraction of sp³-hybridized carbons (Fsp3) is 1.00. The number of unbranched alkanes of at least 4 members (excludes halogenated alkanes) is 20. The summed E-state index contributed by atoms with van der Waals surface area (Å²) in [7, 11) is 3.75. The number of rotatable bonds is 26. The van der Waals surface area contributed by atoms with E-state index in [9.17, 15) is 0 Å². The molecule has 0 aromatic carbocycles. The van der Waals surface area contributed by atoms with Crippen LogP contribution < -0.4 is 5.32 Å². The van der Waals surface area contributed by atoms with Crippen LogP contribution in [0.3, 0.4) is 0 Å². The van der Waals surface area contributed by atoms with Crippen LogP contribution in [-0.4, -0.2) is 14.1 Å². The molecule has 1 heteroatoms. The van der Waals surface area contributed by atoms with Gasteiger partial charge in [0.05, 0.1) is 0 Å². The topological polar surface area (TPSA) is 12.0 Å². The largest absolute Gasteiger partial charge is 0.323 e. The second kappa shape index (κ2) is 29.2. The molecule has 1 fully saturated rings. The van der Waals surface area contributed by atoms with Gasteiger partial charge in [0.2, 0.25) is 0 Å². The molecule has 0 aliphatic heterocycles. The van der Waals surface area contributed by atoms with E-state index in [0.717, 1.165) is 11.8 Å². The third-order valence-electron chi connectivity index (χ3n) is 7.81. The van der Waals surface area contributed by atoms with Crippen molar-refractivity contribution in [3.05, 3.63) is 0 Å². The maximum absolute atomic E-state index is 2.75. The molecule has 0 aromatic heterocycles. The standard InChI is InChI=1S/C31H62.C2H7N/c1-3-4-5-6-7-8-9-10-11-12-13-14-15-16-17-18-19-22-25-30(2)26-23-20-21-24-27-31-28-29-31;1-3-2/h30-31H,3-29H2,1-2H3;3H,1-2H3. The highest BCUT2D eigenvalue weighted by atomic mass is 14.7. The van der Waals surface area contributed by atoms with Crippen LogP contribution in [0.1, 0.15) is 187 Å². The summed E-state index contributed by atoms with van der Waals surface area (Å²) in [5.41, 5.74) is 0. The SMILES string of the molecule is CCCCCCCCCCCCCCCCCCCCC(C)CCCCCCC1CC1.CNC. The predicted molar refractivity (Wildman–Crippen MR) is 158 cm³/mol. The molecule has 1 atom stereocenters. The van der Waals surface area contributed by atoms with Gasteiger partial charge < -0.3 is 5.32 Å². The molecule has 0 aromatic rings. The van der Waals surface area contributed by atoms with Gasteiger partial charge in [-0.05, 0) is 25.9 Å². The maximum Gasteiger partial charge on any atom is -0.0167 e. The molecule has 0 bridgehead atoms. The van der Waals surface area contributed by atoms with Gasteiger partial charge in [0, 0.05) is 0 Å². The van der Waals surface area contributed by atoms with Crippen LogP contribution in [0.15, 0.2) is 0 Å². The van der Waals surface area contributed by atoms with E-state index < -0.39 is 0 Å². The minimum absolute atomic E-state index is 0.976. The summed E-state index contributed by atoms with van der Waals surface area (Å²) in [5, 5.41) is 2.75. The number of nitrogens with one attached hydrogen (secondary N) is 1. The molecule has 0 amide bonds. The lowest BCUT2D eigenvalue weighted by Crippen LogP contribution is -1.95. The molecule has 0 heterocycles. The molecule has 0 spiro atoms. The van der Waals surface area contributed by atoms with E-state index in [4.69, 9.17) is 0 Å². The molecular formula is C33H69N. The van der Waals surface area contributed by atoms with Crippen LogP contribution in [-0.2, 0) is 0 Å². The Labute approximate surface area is 218 Å². The van der Waals surface area contributed by atoms with Gasteiger partial charge in [-0.25, -0.2) is 0 Å². The lowest BCUT2D eigenvalue weighted by molar-refractivity contribution is 0.430. The molecule has 0 radical (unpaired) electrons. The molecule has 0 saturated heterocycles. The van der Waals surface area contributed by atoms with Crippen molar-refractivity contribution in [3.8, 4) is 0 Å². The molecule has 1 rings (SSSR count). The van der Waals surface area contributed by atoms with E-state index in [1.807, 2.05) is 14.1 Å². The minimum Gasteiger partial charge on any atom is -0.323 e. The van der Waals surface area contributed by atoms with E-state index in [-0.39, 0.29) is 0 Å². The van der Waals surface area contributed by atoms with Gasteiger partial charge >= 0.3 is 0 Å². The van der Waals surface area contributed by atoms with Gasteiger partial charge in [-0.15, -0.1) is 0 Å². The van der Waals surface area contributed by atoms with E-state index in [1.165, 1.54) is 173 Å². The molecule has 1 aliphatic carbocycles. The van der Waals surface area contributed by atoms with Crippen LogP contribution in [0.25, 0.3) is 0 Å². The Kier molecular flexibility index (Phi) is 29.2. The van der Waals surface area contributed by atoms with Crippen molar-refractivity contribution < 1.29 is 0 Å². The number of hydrogen-bond donors (Lipinski definition) is 1. The summed E-state index contributed by atoms with van der Waals surface area (Å²) in [6.07, 6.45) is 40.2. The highest BCUT2D eigenvalue weighted by molar-refractivity contribution is 4.72. The fourth-order valence-corrected chi connectivity index (χ4v) is 5.22. The summed E-state index contributed by atoms with van der Waals surface area (Å²) in [6.45, 7) is 4.80. The summed E-state index contributed by atoms with van der Waals surface area (Å²) in [5.74, 6) is 2.12. The van der Waals surface area contributed by atoms with E-state index in [0.29, 0.717) is 0 Å². The second-order valence-corrected chi connectivity index (χ2v) is 11.8. The molecule has 34 heavy (non-hydrogen) atoms. The predicted octanol–water partition coefficient (Wildman–Crippen LogP) is 11.6. The molecule has 1 saturated carbocycles. The lowest BCUT2D eigenvalue weighted by atomic mass is 9.95. The van der Waals surface area contributed by atoms with Gasteiger partial charge in [-0.2, -0.15) is 0 Å². The maximum atomic E-state index is 2.75. The Balaban J connectivity index is 0.00000343. The first-order valence-corrected chi connectivity index (χ1v) is 16.3. The molecule has 1 nitrogen and oxygen atoms in total. The Morgan fingerprint density at radius 2 is 0.794 bits per heavy atom. The van der Waals surface area contributed by atoms with Crippen LogP contribution in [0.5, 0.6) is 0 Å². The van der Waals surface area contributed by atoms with Crippen molar-refractivity contribution in [1.29, 1.82) is 0 Å². The van der Waals surface area contributed by atoms with Gasteiger partial charge in [0.15, 0.2) is 0 Å². The second-order valence-electron chi connectivity index (χ2n) is 11.8. The molecule has 1 unspecified atom stereocenters. The minimum atomic E-state index is 0.976. The van der Waals surface area contributed by atoms with Gasteiger partial charge in [0.25, 0.3) is 0 Å². The third-order valence-corrected chi connectivity index (χ3v) is 7.81. The van der Waals surface area contributed by atoms with Crippen LogP contribution in [0.4, 0.5) is 0 Å². The van der Waals surface area contributed by atoms with E-state index >= 15 is 0 Å². The highest BCUT2D eigenvalue weighted by Gasteiger charge is 2.19. The smallest absolute Gasteiger partial charge is 0.0167 e. The Hall–Kier alpha value is -0.0400. The first-order valence-electron chi connectivity index (χ1n) is 16.3. The summed E-state index contributed by atoms with van der Waals surface area (Å²) in [4.78, 5) is 0. The van der Waals surface area contributed by atoms with Crippen LogP contribution in [0, 0.1) is 11.8 Å². The van der Waals surface area contributed by atoms with Crippen LogP contribution >= 0.6 is 0 Å². The zero-order valence-corrected chi connectivity index (χ0v) is 24.7. The van der Waals surface area contributed by atoms with Crippen molar-refractivity contribution >= 4 is 0 Å². The summed E-state index contributed by atoms with van der Waals surface area (Å²) < 4.78 is 0. The van der Waals surface area contributed by atoms with Gasteiger partial charge in [0.1, 0.15) is 0 Å². The highest BCUT2D eigenvalue weighted by Crippen LogP contribution is 2.34. The van der Waals surface area contributed by atoms with Crippen molar-refractivity contribution in [2.24, 2.45) is 11.8 Å². The molecular weight excluding hydrogens is 410 g/mol. The Morgan fingerprint density at radius 3 is 1.12 bits per heavy atom. The zero-order valence-electron chi connectivity index (χ0n) is 24.7. The first kappa shape index (κ1) is 34.0. The third kappa shape index (κ3) is 30.0. The van der Waals surface area contributed by atoms with Crippen molar-refractivity contribution in [3.63, 3.8) is 0 Å². The van der Waals surface area contributed by atoms with E-state index in [2.05, 4.69) is 19.2 Å². The Bertz CT molecular complexity index is 348. The Morgan fingerprint density at radius 1 is 0.500 bits per heavy atom. The number of hydrogen-bond acceptors (Lipinski definition) is 1. The molecule has 1 aliphatic rings. The fourth-order valence-electron chi connectivity index (χ4n) is 5.22. The normalized spacial score (nSPS) is 14.1. The van der Waals surface area contributed by atoms with Crippen molar-refractivity contribution in [1.82, 2.24) is 5.32 Å². The first-order chi connectivity index (χ1) is 16.7. The van der Waals surface area contributed by atoms with Crippen molar-refractivity contribution in [2.45, 2.75) is 187 Å². The van der Waals surface area contributed by atoms with Crippen molar-refractivity contribution in [2.75, 3.05) is 14.1 Å². The monoisotopic (exact) mass is 480 g/mol. The van der Waals surface area contributed by atoms with E-state index in [1.54, 1.807) is 0 Å². The average Bonchev–Trinajstić information content (AvgIpc) is 3.65. The summed E-state index contributed by atoms with van der Waals surface area (Å²) in [6, 6.07) is 0. The van der Waals surface area contributed by atoms with Crippen LogP contribution in [0.2, 0.25) is 0 Å². The quantitative estimate of drug-likeness (QED) is 0.122. The summed E-state index contributed by atoms with van der Waals surface area (Å²) >= 11 is 0. The zero-order chi connectivity index (χ0) is 25.0. The van der Waals surface area contributed by atoms with Gasteiger partial charge in [-0.1, -0.05) is 187 Å². The molecule has 206 valence electrons. The average molecular weight is 480 g/mol.